The zero-order chi connectivity index (χ0) is 6.97. The fourth-order valence-corrected chi connectivity index (χ4v) is 4.62. The Hall–Kier alpha value is 0.100. The van der Waals surface area contributed by atoms with E-state index in [0.717, 1.165) is 0 Å². The summed E-state index contributed by atoms with van der Waals surface area (Å²) in [5.74, 6) is 0. The predicted octanol–water partition coefficient (Wildman–Crippen LogP) is 2.92. The lowest BCUT2D eigenvalue weighted by Crippen LogP contribution is -2.22. The number of hydrogen-bond acceptors (Lipinski definition) is 1. The van der Waals surface area contributed by atoms with Crippen molar-refractivity contribution in [1.29, 1.82) is 0 Å². The molecule has 1 nitrogen and oxygen atoms in total. The summed E-state index contributed by atoms with van der Waals surface area (Å²) < 4.78 is 11.6. The zero-order valence-electron chi connectivity index (χ0n) is 6.25. The minimum atomic E-state index is -0.780. The zero-order valence-corrected chi connectivity index (χ0v) is 7.15. The lowest BCUT2D eigenvalue weighted by atomic mass is 9.99. The molecule has 0 aromatic heterocycles. The largest absolute Gasteiger partial charge is 0.344 e. The Balaban J connectivity index is 2.12. The SMILES string of the molecule is O=[P+]1C2CCCC1CCC2. The van der Waals surface area contributed by atoms with E-state index in [1.54, 1.807) is 0 Å². The van der Waals surface area contributed by atoms with Crippen LogP contribution in [0.5, 0.6) is 0 Å². The van der Waals surface area contributed by atoms with Gasteiger partial charge in [-0.3, -0.25) is 0 Å². The van der Waals surface area contributed by atoms with Gasteiger partial charge in [0.25, 0.3) is 0 Å². The van der Waals surface area contributed by atoms with Crippen LogP contribution < -0.4 is 0 Å². The van der Waals surface area contributed by atoms with Gasteiger partial charge in [0.2, 0.25) is 0 Å². The maximum Gasteiger partial charge on any atom is 0.344 e. The standard InChI is InChI=1S/C8H14OP/c9-10-7-3-1-4-8(10)6-2-5-7/h7-8H,1-6H2/q+1. The van der Waals surface area contributed by atoms with E-state index in [1.807, 2.05) is 0 Å². The molecule has 0 amide bonds. The molecule has 0 aromatic carbocycles. The van der Waals surface area contributed by atoms with Crippen LogP contribution >= 0.6 is 7.80 Å². The summed E-state index contributed by atoms with van der Waals surface area (Å²) in [6.07, 6.45) is 7.71. The van der Waals surface area contributed by atoms with E-state index in [0.29, 0.717) is 11.3 Å². The van der Waals surface area contributed by atoms with Crippen LogP contribution in [0.25, 0.3) is 0 Å². The molecule has 2 heteroatoms. The molecule has 0 atom stereocenters. The van der Waals surface area contributed by atoms with Crippen molar-refractivity contribution in [3.63, 3.8) is 0 Å². The quantitative estimate of drug-likeness (QED) is 0.494. The summed E-state index contributed by atoms with van der Waals surface area (Å²) in [7, 11) is -0.780. The number of rotatable bonds is 0. The van der Waals surface area contributed by atoms with Gasteiger partial charge in [-0.05, 0) is 38.5 Å². The minimum absolute atomic E-state index is 0.627. The van der Waals surface area contributed by atoms with E-state index in [1.165, 1.54) is 38.5 Å². The molecule has 0 aromatic rings. The second-order valence-electron chi connectivity index (χ2n) is 3.53. The highest BCUT2D eigenvalue weighted by molar-refractivity contribution is 7.46. The van der Waals surface area contributed by atoms with Crippen molar-refractivity contribution >= 4 is 7.80 Å². The molecule has 2 fully saturated rings. The van der Waals surface area contributed by atoms with Crippen LogP contribution in [-0.4, -0.2) is 11.3 Å². The van der Waals surface area contributed by atoms with E-state index in [4.69, 9.17) is 0 Å². The van der Waals surface area contributed by atoms with E-state index >= 15 is 0 Å². The van der Waals surface area contributed by atoms with Gasteiger partial charge in [0.1, 0.15) is 0 Å². The van der Waals surface area contributed by atoms with Crippen molar-refractivity contribution in [2.24, 2.45) is 0 Å². The molecular weight excluding hydrogens is 143 g/mol. The van der Waals surface area contributed by atoms with Gasteiger partial charge >= 0.3 is 7.80 Å². The molecule has 2 rings (SSSR count). The molecule has 0 spiro atoms. The van der Waals surface area contributed by atoms with E-state index in [9.17, 15) is 4.57 Å². The summed E-state index contributed by atoms with van der Waals surface area (Å²) in [6, 6.07) is 0. The molecule has 10 heavy (non-hydrogen) atoms. The maximum atomic E-state index is 11.6. The first-order chi connectivity index (χ1) is 4.88. The van der Waals surface area contributed by atoms with Crippen molar-refractivity contribution in [2.45, 2.75) is 49.8 Å². The smallest absolute Gasteiger partial charge is 0.0742 e. The monoisotopic (exact) mass is 157 g/mol. The topological polar surface area (TPSA) is 17.1 Å². The lowest BCUT2D eigenvalue weighted by molar-refractivity contribution is 0.444. The van der Waals surface area contributed by atoms with Gasteiger partial charge in [-0.15, -0.1) is 0 Å². The molecular formula is C8H14OP+. The Morgan fingerprint density at radius 3 is 1.60 bits per heavy atom. The average molecular weight is 157 g/mol. The van der Waals surface area contributed by atoms with Gasteiger partial charge in [0.05, 0.1) is 0 Å². The highest BCUT2D eigenvalue weighted by Gasteiger charge is 2.44. The first-order valence-electron chi connectivity index (χ1n) is 4.33. The van der Waals surface area contributed by atoms with Crippen molar-refractivity contribution in [2.75, 3.05) is 0 Å². The van der Waals surface area contributed by atoms with Gasteiger partial charge in [-0.25, -0.2) is 0 Å². The Morgan fingerprint density at radius 1 is 0.900 bits per heavy atom. The molecule has 56 valence electrons. The highest BCUT2D eigenvalue weighted by atomic mass is 31.1. The summed E-state index contributed by atoms with van der Waals surface area (Å²) in [6.45, 7) is 0. The van der Waals surface area contributed by atoms with E-state index in [2.05, 4.69) is 0 Å². The van der Waals surface area contributed by atoms with Crippen LogP contribution in [0.4, 0.5) is 0 Å². The van der Waals surface area contributed by atoms with E-state index < -0.39 is 7.80 Å². The normalized spacial score (nSPS) is 43.4. The molecule has 0 saturated carbocycles. The second kappa shape index (κ2) is 2.62. The predicted molar refractivity (Wildman–Crippen MR) is 42.9 cm³/mol. The Kier molecular flexibility index (Phi) is 1.78. The summed E-state index contributed by atoms with van der Waals surface area (Å²) >= 11 is 0. The Bertz CT molecular complexity index is 131. The van der Waals surface area contributed by atoms with Crippen molar-refractivity contribution in [3.05, 3.63) is 0 Å². The third-order valence-electron chi connectivity index (χ3n) is 2.87. The maximum absolute atomic E-state index is 11.6. The molecule has 2 aliphatic heterocycles. The fraction of sp³-hybridized carbons (Fsp3) is 1.00. The Morgan fingerprint density at radius 2 is 1.30 bits per heavy atom. The van der Waals surface area contributed by atoms with Gasteiger partial charge in [-0.2, -0.15) is 0 Å². The molecule has 2 aliphatic rings. The second-order valence-corrected chi connectivity index (χ2v) is 5.71. The van der Waals surface area contributed by atoms with Crippen molar-refractivity contribution in [3.8, 4) is 0 Å². The molecule has 2 saturated heterocycles. The van der Waals surface area contributed by atoms with Crippen LogP contribution in [0.15, 0.2) is 0 Å². The molecule has 0 N–H and O–H groups in total. The molecule has 0 radical (unpaired) electrons. The summed E-state index contributed by atoms with van der Waals surface area (Å²) in [4.78, 5) is 0. The van der Waals surface area contributed by atoms with Crippen LogP contribution in [0.3, 0.4) is 0 Å². The first-order valence-corrected chi connectivity index (χ1v) is 5.73. The fourth-order valence-electron chi connectivity index (χ4n) is 2.27. The first kappa shape index (κ1) is 6.79. The van der Waals surface area contributed by atoms with Gasteiger partial charge in [0, 0.05) is 0 Å². The van der Waals surface area contributed by atoms with Gasteiger partial charge in [0.15, 0.2) is 11.3 Å². The lowest BCUT2D eigenvalue weighted by Gasteiger charge is -2.23. The van der Waals surface area contributed by atoms with Crippen LogP contribution in [0.2, 0.25) is 0 Å². The average Bonchev–Trinajstić information content (AvgIpc) is 1.86. The summed E-state index contributed by atoms with van der Waals surface area (Å²) in [5, 5.41) is 0. The van der Waals surface area contributed by atoms with Crippen LogP contribution in [0, 0.1) is 0 Å². The Labute approximate surface area is 63.0 Å². The van der Waals surface area contributed by atoms with Crippen LogP contribution in [0.1, 0.15) is 38.5 Å². The number of fused-ring (bicyclic) bond motifs is 2. The number of hydrogen-bond donors (Lipinski definition) is 0. The van der Waals surface area contributed by atoms with Crippen molar-refractivity contribution in [1.82, 2.24) is 0 Å². The van der Waals surface area contributed by atoms with E-state index in [-0.39, 0.29) is 0 Å². The van der Waals surface area contributed by atoms with Crippen LogP contribution in [-0.2, 0) is 4.57 Å². The van der Waals surface area contributed by atoms with Crippen molar-refractivity contribution < 1.29 is 4.57 Å². The molecule has 0 aliphatic carbocycles. The summed E-state index contributed by atoms with van der Waals surface area (Å²) in [5.41, 5.74) is 1.25. The highest BCUT2D eigenvalue weighted by Crippen LogP contribution is 2.51. The van der Waals surface area contributed by atoms with Gasteiger partial charge in [-0.1, -0.05) is 4.57 Å². The third-order valence-corrected chi connectivity index (χ3v) is 5.34. The molecule has 0 unspecified atom stereocenters. The third kappa shape index (κ3) is 1.01. The molecule has 2 bridgehead atoms. The van der Waals surface area contributed by atoms with Gasteiger partial charge < -0.3 is 0 Å². The molecule has 2 heterocycles. The minimum Gasteiger partial charge on any atom is -0.0742 e.